The summed E-state index contributed by atoms with van der Waals surface area (Å²) < 4.78 is 18.5. The number of ether oxygens (including phenoxy) is 1. The van der Waals surface area contributed by atoms with Gasteiger partial charge in [-0.2, -0.15) is 5.26 Å². The lowest BCUT2D eigenvalue weighted by Crippen LogP contribution is -2.38. The number of hydrogen-bond donors (Lipinski definition) is 0. The Morgan fingerprint density at radius 1 is 1.31 bits per heavy atom. The number of carbonyl (C=O) groups excluding carboxylic acids is 2. The van der Waals surface area contributed by atoms with Gasteiger partial charge >= 0.3 is 6.09 Å². The van der Waals surface area contributed by atoms with Crippen LogP contribution in [0.2, 0.25) is 0 Å². The molecule has 1 aromatic heterocycles. The molecule has 0 saturated carbocycles. The highest BCUT2D eigenvalue weighted by molar-refractivity contribution is 6.06. The molecule has 0 N–H and O–H groups in total. The van der Waals surface area contributed by atoms with Gasteiger partial charge < -0.3 is 4.74 Å². The zero-order chi connectivity index (χ0) is 18.7. The molecule has 2 heterocycles. The van der Waals surface area contributed by atoms with Crippen molar-refractivity contribution in [2.75, 3.05) is 18.6 Å². The van der Waals surface area contributed by atoms with Gasteiger partial charge in [-0.3, -0.25) is 9.69 Å². The lowest BCUT2D eigenvalue weighted by Gasteiger charge is -2.26. The van der Waals surface area contributed by atoms with Gasteiger partial charge in [0.15, 0.2) is 5.78 Å². The molecule has 128 valence electrons. The third-order valence-corrected chi connectivity index (χ3v) is 3.82. The largest absolute Gasteiger partial charge is 0.452 e. The van der Waals surface area contributed by atoms with E-state index < -0.39 is 11.9 Å². The normalized spacial score (nSPS) is 12.5. The van der Waals surface area contributed by atoms with E-state index in [0.29, 0.717) is 11.1 Å². The first kappa shape index (κ1) is 17.1. The van der Waals surface area contributed by atoms with Gasteiger partial charge in [-0.1, -0.05) is 11.8 Å². The molecule has 2 aromatic rings. The standard InChI is InChI=1S/C19H12FN3O3/c1-26-19(25)23-7-6-17(24)15-9-13(11-22-18(15)23)2-4-14-8-12(10-21)3-5-16(14)20/h3,5,8-9,11H,6-7H2,1H3. The van der Waals surface area contributed by atoms with E-state index in [9.17, 15) is 14.0 Å². The Hall–Kier alpha value is -3.71. The van der Waals surface area contributed by atoms with Crippen LogP contribution < -0.4 is 4.90 Å². The van der Waals surface area contributed by atoms with Crippen molar-refractivity contribution in [3.63, 3.8) is 0 Å². The summed E-state index contributed by atoms with van der Waals surface area (Å²) in [7, 11) is 1.25. The number of fused-ring (bicyclic) bond motifs is 1. The fourth-order valence-corrected chi connectivity index (χ4v) is 2.52. The number of carbonyl (C=O) groups is 2. The number of amides is 1. The summed E-state index contributed by atoms with van der Waals surface area (Å²) in [4.78, 5) is 29.4. The molecule has 3 rings (SSSR count). The van der Waals surface area contributed by atoms with Crippen LogP contribution in [0.1, 0.15) is 33.5 Å². The van der Waals surface area contributed by atoms with Crippen LogP contribution in [0.25, 0.3) is 0 Å². The number of methoxy groups -OCH3 is 1. The fraction of sp³-hybridized carbons (Fsp3) is 0.158. The van der Waals surface area contributed by atoms with Crippen LogP contribution in [-0.2, 0) is 4.74 Å². The van der Waals surface area contributed by atoms with Crippen molar-refractivity contribution in [2.45, 2.75) is 6.42 Å². The zero-order valence-corrected chi connectivity index (χ0v) is 13.7. The Morgan fingerprint density at radius 2 is 2.12 bits per heavy atom. The fourth-order valence-electron chi connectivity index (χ4n) is 2.52. The molecule has 0 atom stereocenters. The highest BCUT2D eigenvalue weighted by Gasteiger charge is 2.29. The molecule has 1 aromatic carbocycles. The average Bonchev–Trinajstić information content (AvgIpc) is 2.67. The minimum absolute atomic E-state index is 0.0734. The third kappa shape index (κ3) is 3.24. The Balaban J connectivity index is 1.98. The molecule has 0 radical (unpaired) electrons. The Bertz CT molecular complexity index is 1010. The number of benzene rings is 1. The van der Waals surface area contributed by atoms with Crippen molar-refractivity contribution in [3.8, 4) is 17.9 Å². The molecule has 1 aliphatic heterocycles. The van der Waals surface area contributed by atoms with Crippen LogP contribution in [0.15, 0.2) is 30.5 Å². The predicted octanol–water partition coefficient (Wildman–Crippen LogP) is 2.65. The first-order chi connectivity index (χ1) is 12.5. The van der Waals surface area contributed by atoms with Crippen molar-refractivity contribution in [1.29, 1.82) is 5.26 Å². The van der Waals surface area contributed by atoms with Crippen molar-refractivity contribution in [2.24, 2.45) is 0 Å². The monoisotopic (exact) mass is 349 g/mol. The second-order valence-corrected chi connectivity index (χ2v) is 5.45. The molecule has 1 amide bonds. The van der Waals surface area contributed by atoms with Crippen LogP contribution in [0, 0.1) is 29.0 Å². The maximum Gasteiger partial charge on any atom is 0.415 e. The van der Waals surface area contributed by atoms with Crippen LogP contribution in [0.4, 0.5) is 15.0 Å². The van der Waals surface area contributed by atoms with Gasteiger partial charge in [-0.05, 0) is 24.3 Å². The number of aromatic nitrogens is 1. The first-order valence-corrected chi connectivity index (χ1v) is 7.64. The van der Waals surface area contributed by atoms with E-state index >= 15 is 0 Å². The Kier molecular flexibility index (Phi) is 4.64. The minimum atomic E-state index is -0.597. The van der Waals surface area contributed by atoms with Crippen molar-refractivity contribution < 1.29 is 18.7 Å². The molecule has 0 spiro atoms. The molecular weight excluding hydrogens is 337 g/mol. The number of nitrogens with zero attached hydrogens (tertiary/aromatic N) is 3. The molecule has 7 heteroatoms. The molecule has 6 nitrogen and oxygen atoms in total. The average molecular weight is 349 g/mol. The Morgan fingerprint density at radius 3 is 2.85 bits per heavy atom. The topological polar surface area (TPSA) is 83.3 Å². The summed E-state index contributed by atoms with van der Waals surface area (Å²) >= 11 is 0. The Labute approximate surface area is 148 Å². The highest BCUT2D eigenvalue weighted by atomic mass is 19.1. The van der Waals surface area contributed by atoms with Gasteiger partial charge in [0, 0.05) is 24.7 Å². The van der Waals surface area contributed by atoms with E-state index in [4.69, 9.17) is 10.00 Å². The first-order valence-electron chi connectivity index (χ1n) is 7.64. The maximum absolute atomic E-state index is 13.8. The second-order valence-electron chi connectivity index (χ2n) is 5.45. The van der Waals surface area contributed by atoms with Gasteiger partial charge in [0.05, 0.1) is 29.9 Å². The SMILES string of the molecule is COC(=O)N1CCC(=O)c2cc(C#Cc3cc(C#N)ccc3F)cnc21. The van der Waals surface area contributed by atoms with Gasteiger partial charge in [0.1, 0.15) is 11.6 Å². The van der Waals surface area contributed by atoms with E-state index in [1.54, 1.807) is 0 Å². The molecule has 0 saturated heterocycles. The number of Topliss-reactive ketones (excluding diaryl/α,β-unsaturated/α-hetero) is 1. The molecule has 0 unspecified atom stereocenters. The molecule has 0 aliphatic carbocycles. The van der Waals surface area contributed by atoms with Gasteiger partial charge in [-0.15, -0.1) is 0 Å². The number of nitriles is 1. The molecule has 26 heavy (non-hydrogen) atoms. The lowest BCUT2D eigenvalue weighted by molar-refractivity contribution is 0.0978. The summed E-state index contributed by atoms with van der Waals surface area (Å²) in [6, 6.07) is 7.31. The van der Waals surface area contributed by atoms with E-state index in [1.165, 1.54) is 42.5 Å². The molecular formula is C19H12FN3O3. The zero-order valence-electron chi connectivity index (χ0n) is 13.7. The third-order valence-electron chi connectivity index (χ3n) is 3.82. The van der Waals surface area contributed by atoms with Gasteiger partial charge in [0.25, 0.3) is 0 Å². The van der Waals surface area contributed by atoms with Gasteiger partial charge in [-0.25, -0.2) is 14.2 Å². The number of pyridine rings is 1. The number of rotatable bonds is 0. The van der Waals surface area contributed by atoms with E-state index in [0.717, 1.165) is 0 Å². The number of halogens is 1. The van der Waals surface area contributed by atoms with Gasteiger partial charge in [0.2, 0.25) is 0 Å². The molecule has 1 aliphatic rings. The van der Waals surface area contributed by atoms with E-state index in [2.05, 4.69) is 16.8 Å². The van der Waals surface area contributed by atoms with Crippen LogP contribution in [-0.4, -0.2) is 30.5 Å². The summed E-state index contributed by atoms with van der Waals surface area (Å²) in [6.07, 6.45) is 0.951. The molecule has 0 fully saturated rings. The van der Waals surface area contributed by atoms with Crippen LogP contribution in [0.3, 0.4) is 0 Å². The second kappa shape index (κ2) is 7.04. The minimum Gasteiger partial charge on any atom is -0.452 e. The summed E-state index contributed by atoms with van der Waals surface area (Å²) in [5.74, 6) is 4.89. The van der Waals surface area contributed by atoms with Crippen LogP contribution in [0.5, 0.6) is 0 Å². The van der Waals surface area contributed by atoms with Crippen molar-refractivity contribution in [1.82, 2.24) is 4.98 Å². The maximum atomic E-state index is 13.8. The predicted molar refractivity (Wildman–Crippen MR) is 90.0 cm³/mol. The highest BCUT2D eigenvalue weighted by Crippen LogP contribution is 2.26. The number of hydrogen-bond acceptors (Lipinski definition) is 5. The summed E-state index contributed by atoms with van der Waals surface area (Å²) in [5.41, 5.74) is 1.03. The molecule has 0 bridgehead atoms. The number of ketones is 1. The van der Waals surface area contributed by atoms with Crippen molar-refractivity contribution >= 4 is 17.7 Å². The quantitative estimate of drug-likeness (QED) is 0.683. The lowest BCUT2D eigenvalue weighted by atomic mass is 10.0. The smallest absolute Gasteiger partial charge is 0.415 e. The summed E-state index contributed by atoms with van der Waals surface area (Å²) in [6.45, 7) is 0.197. The number of anilines is 1. The van der Waals surface area contributed by atoms with E-state index in [-0.39, 0.29) is 35.7 Å². The van der Waals surface area contributed by atoms with Crippen LogP contribution >= 0.6 is 0 Å². The van der Waals surface area contributed by atoms with Crippen molar-refractivity contribution in [3.05, 3.63) is 58.5 Å². The van der Waals surface area contributed by atoms with E-state index in [1.807, 2.05) is 6.07 Å². The summed E-state index contributed by atoms with van der Waals surface area (Å²) in [5, 5.41) is 8.88.